The van der Waals surface area contributed by atoms with E-state index in [-0.39, 0.29) is 10.6 Å². The summed E-state index contributed by atoms with van der Waals surface area (Å²) in [6.45, 7) is 0. The van der Waals surface area contributed by atoms with Crippen molar-refractivity contribution in [1.29, 1.82) is 0 Å². The van der Waals surface area contributed by atoms with E-state index in [1.807, 2.05) is 0 Å². The Morgan fingerprint density at radius 2 is 1.72 bits per heavy atom. The molecular weight excluding hydrogens is 372 g/mol. The van der Waals surface area contributed by atoms with Gasteiger partial charge in [0.05, 0.1) is 4.90 Å². The molecule has 0 radical (unpaired) electrons. The normalized spacial score (nSPS) is 18.0. The lowest BCUT2D eigenvalue weighted by atomic mass is 10.1. The lowest BCUT2D eigenvalue weighted by molar-refractivity contribution is -0.115. The van der Waals surface area contributed by atoms with Crippen molar-refractivity contribution in [2.75, 3.05) is 5.73 Å². The Morgan fingerprint density at radius 3 is 2.24 bits per heavy atom. The topological polar surface area (TPSA) is 198 Å². The number of benzene rings is 1. The van der Waals surface area contributed by atoms with Crippen LogP contribution in [0.5, 0.6) is 0 Å². The fourth-order valence-electron chi connectivity index (χ4n) is 1.97. The van der Waals surface area contributed by atoms with Crippen molar-refractivity contribution >= 4 is 31.5 Å². The third-order valence-electron chi connectivity index (χ3n) is 3.12. The second kappa shape index (κ2) is 6.57. The van der Waals surface area contributed by atoms with Crippen molar-refractivity contribution in [2.24, 2.45) is 10.3 Å². The number of carbonyl (C=O) groups excluding carboxylic acids is 1. The van der Waals surface area contributed by atoms with Crippen molar-refractivity contribution in [3.05, 3.63) is 57.5 Å². The lowest BCUT2D eigenvalue weighted by Crippen LogP contribution is -2.38. The van der Waals surface area contributed by atoms with E-state index >= 15 is 0 Å². The molecule has 0 saturated carbocycles. The average Bonchev–Trinajstić information content (AvgIpc) is 2.50. The van der Waals surface area contributed by atoms with Gasteiger partial charge in [-0.25, -0.2) is 22.0 Å². The highest BCUT2D eigenvalue weighted by Crippen LogP contribution is 2.22. The van der Waals surface area contributed by atoms with E-state index < -0.39 is 36.8 Å². The zero-order chi connectivity index (χ0) is 18.8. The standard InChI is InChI=1S/C12H12N6O5S2/c13-7-1-3-8(4-2-7)25(22,23)17-9-5-6-10(24(15,20)21)12(19)11(9)16-18-14/h1-6,11,17H,13H2,(H2,15,20,21). The largest absolute Gasteiger partial charge is 0.399 e. The van der Waals surface area contributed by atoms with Gasteiger partial charge in [-0.05, 0) is 41.9 Å². The molecule has 0 bridgehead atoms. The predicted octanol–water partition coefficient (Wildman–Crippen LogP) is -0.135. The molecule has 0 aliphatic heterocycles. The molecule has 1 atom stereocenters. The van der Waals surface area contributed by atoms with Crippen molar-refractivity contribution in [2.45, 2.75) is 10.9 Å². The van der Waals surface area contributed by atoms with Crippen molar-refractivity contribution < 1.29 is 21.6 Å². The van der Waals surface area contributed by atoms with Crippen LogP contribution in [0.15, 0.2) is 57.0 Å². The number of nitrogens with one attached hydrogen (secondary N) is 1. The predicted molar refractivity (Wildman–Crippen MR) is 88.4 cm³/mol. The lowest BCUT2D eigenvalue weighted by Gasteiger charge is -2.20. The van der Waals surface area contributed by atoms with Crippen LogP contribution in [0.4, 0.5) is 5.69 Å². The van der Waals surface area contributed by atoms with E-state index in [2.05, 4.69) is 14.7 Å². The molecule has 1 aliphatic carbocycles. The van der Waals surface area contributed by atoms with Gasteiger partial charge in [-0.3, -0.25) is 9.52 Å². The Labute approximate surface area is 142 Å². The summed E-state index contributed by atoms with van der Waals surface area (Å²) in [6, 6.07) is 3.47. The van der Waals surface area contributed by atoms with Crippen LogP contribution in [0, 0.1) is 0 Å². The highest BCUT2D eigenvalue weighted by Gasteiger charge is 2.34. The van der Waals surface area contributed by atoms with E-state index in [0.29, 0.717) is 5.69 Å². The van der Waals surface area contributed by atoms with E-state index in [1.54, 1.807) is 0 Å². The Balaban J connectivity index is 2.47. The number of anilines is 1. The van der Waals surface area contributed by atoms with Gasteiger partial charge in [0.1, 0.15) is 10.9 Å². The molecule has 0 fully saturated rings. The molecule has 0 aromatic heterocycles. The summed E-state index contributed by atoms with van der Waals surface area (Å²) in [5.74, 6) is -1.14. The van der Waals surface area contributed by atoms with Gasteiger partial charge in [-0.15, -0.1) is 0 Å². The summed E-state index contributed by atoms with van der Waals surface area (Å²) in [6.07, 6.45) is 1.83. The molecule has 5 N–H and O–H groups in total. The first-order valence-electron chi connectivity index (χ1n) is 6.48. The Kier molecular flexibility index (Phi) is 4.85. The summed E-state index contributed by atoms with van der Waals surface area (Å²) in [5, 5.41) is 8.06. The smallest absolute Gasteiger partial charge is 0.261 e. The van der Waals surface area contributed by atoms with Crippen molar-refractivity contribution in [3.63, 3.8) is 0 Å². The molecule has 0 spiro atoms. The first-order valence-corrected chi connectivity index (χ1v) is 9.50. The SMILES string of the molecule is [N-]=[N+]=NC1C(=O)C(S(N)(=O)=O)=CC=C1NS(=O)(=O)c1ccc(N)cc1. The van der Waals surface area contributed by atoms with Crippen LogP contribution in [-0.2, 0) is 24.8 Å². The number of rotatable bonds is 5. The first kappa shape index (κ1) is 18.5. The monoisotopic (exact) mass is 384 g/mol. The Bertz CT molecular complexity index is 1030. The summed E-state index contributed by atoms with van der Waals surface area (Å²) < 4.78 is 49.5. The molecule has 1 aromatic rings. The van der Waals surface area contributed by atoms with Crippen LogP contribution >= 0.6 is 0 Å². The zero-order valence-electron chi connectivity index (χ0n) is 12.4. The van der Waals surface area contributed by atoms with Gasteiger partial charge in [-0.2, -0.15) is 0 Å². The highest BCUT2D eigenvalue weighted by molar-refractivity contribution is 7.94. The van der Waals surface area contributed by atoms with Crippen LogP contribution in [0.25, 0.3) is 10.4 Å². The van der Waals surface area contributed by atoms with Gasteiger partial charge in [-0.1, -0.05) is 5.11 Å². The minimum atomic E-state index is -4.36. The fraction of sp³-hybridized carbons (Fsp3) is 0.0833. The minimum Gasteiger partial charge on any atom is -0.399 e. The first-order chi connectivity index (χ1) is 11.6. The molecular formula is C12H12N6O5S2. The number of hydrogen-bond donors (Lipinski definition) is 3. The maximum Gasteiger partial charge on any atom is 0.261 e. The molecule has 1 unspecified atom stereocenters. The number of nitrogens with two attached hydrogens (primary N) is 2. The average molecular weight is 384 g/mol. The van der Waals surface area contributed by atoms with Crippen molar-refractivity contribution in [3.8, 4) is 0 Å². The molecule has 1 aromatic carbocycles. The summed E-state index contributed by atoms with van der Waals surface area (Å²) >= 11 is 0. The molecule has 25 heavy (non-hydrogen) atoms. The molecule has 2 rings (SSSR count). The maximum absolute atomic E-state index is 12.3. The summed E-state index contributed by atoms with van der Waals surface area (Å²) in [4.78, 5) is 13.6. The number of nitrogen functional groups attached to an aromatic ring is 1. The summed E-state index contributed by atoms with van der Waals surface area (Å²) in [5.41, 5.74) is 14.1. The quantitative estimate of drug-likeness (QED) is 0.273. The Hall–Kier alpha value is -2.86. The number of azide groups is 1. The van der Waals surface area contributed by atoms with Crippen LogP contribution in [0.1, 0.15) is 0 Å². The zero-order valence-corrected chi connectivity index (χ0v) is 14.0. The van der Waals surface area contributed by atoms with Gasteiger partial charge in [0.25, 0.3) is 10.0 Å². The van der Waals surface area contributed by atoms with Gasteiger partial charge in [0, 0.05) is 16.3 Å². The minimum absolute atomic E-state index is 0.157. The third kappa shape index (κ3) is 3.97. The fourth-order valence-corrected chi connectivity index (χ4v) is 3.72. The number of Topliss-reactive ketones (excluding diaryl/α,β-unsaturated/α-hetero) is 1. The van der Waals surface area contributed by atoms with Crippen LogP contribution in [0.2, 0.25) is 0 Å². The second-order valence-corrected chi connectivity index (χ2v) is 8.06. The van der Waals surface area contributed by atoms with E-state index in [4.69, 9.17) is 16.4 Å². The highest BCUT2D eigenvalue weighted by atomic mass is 32.2. The Morgan fingerprint density at radius 1 is 1.12 bits per heavy atom. The van der Waals surface area contributed by atoms with Gasteiger partial charge >= 0.3 is 0 Å². The number of hydrogen-bond acceptors (Lipinski definition) is 7. The maximum atomic E-state index is 12.3. The molecule has 132 valence electrons. The van der Waals surface area contributed by atoms with E-state index in [0.717, 1.165) is 12.2 Å². The summed E-state index contributed by atoms with van der Waals surface area (Å²) in [7, 11) is -8.48. The number of sulfonamides is 2. The number of nitrogens with zero attached hydrogens (tertiary/aromatic N) is 3. The molecule has 1 aliphatic rings. The van der Waals surface area contributed by atoms with Gasteiger partial charge < -0.3 is 5.73 Å². The third-order valence-corrected chi connectivity index (χ3v) is 5.46. The number of carbonyl (C=O) groups is 1. The number of allylic oxidation sites excluding steroid dienone is 2. The molecule has 0 amide bonds. The molecule has 13 heteroatoms. The van der Waals surface area contributed by atoms with Gasteiger partial charge in [0.2, 0.25) is 10.0 Å². The van der Waals surface area contributed by atoms with E-state index in [9.17, 15) is 21.6 Å². The molecule has 11 nitrogen and oxygen atoms in total. The second-order valence-electron chi connectivity index (χ2n) is 4.84. The van der Waals surface area contributed by atoms with Crippen LogP contribution in [-0.4, -0.2) is 28.7 Å². The molecule has 0 saturated heterocycles. The number of ketones is 1. The van der Waals surface area contributed by atoms with Gasteiger partial charge in [0.15, 0.2) is 5.78 Å². The van der Waals surface area contributed by atoms with E-state index in [1.165, 1.54) is 24.3 Å². The van der Waals surface area contributed by atoms with Crippen molar-refractivity contribution in [1.82, 2.24) is 4.72 Å². The number of primary sulfonamides is 1. The van der Waals surface area contributed by atoms with Crippen LogP contribution in [0.3, 0.4) is 0 Å². The van der Waals surface area contributed by atoms with Crippen LogP contribution < -0.4 is 15.6 Å². The molecule has 0 heterocycles.